The lowest BCUT2D eigenvalue weighted by molar-refractivity contribution is 0.455. The van der Waals surface area contributed by atoms with Gasteiger partial charge in [0.1, 0.15) is 0 Å². The van der Waals surface area contributed by atoms with E-state index >= 15 is 0 Å². The molecule has 2 N–H and O–H groups in total. The number of aromatic nitrogens is 2. The van der Waals surface area contributed by atoms with Gasteiger partial charge in [0, 0.05) is 10.6 Å². The van der Waals surface area contributed by atoms with Gasteiger partial charge in [-0.1, -0.05) is 40.6 Å². The molecular formula is C20H10Cl2N4O2S. The van der Waals surface area contributed by atoms with Crippen LogP contribution < -0.4 is 26.2 Å². The molecule has 2 aromatic carbocycles. The van der Waals surface area contributed by atoms with E-state index in [4.69, 9.17) is 23.2 Å². The van der Waals surface area contributed by atoms with E-state index < -0.39 is 0 Å². The van der Waals surface area contributed by atoms with Crippen LogP contribution in [0.15, 0.2) is 57.2 Å². The van der Waals surface area contributed by atoms with E-state index in [2.05, 4.69) is 20.0 Å². The van der Waals surface area contributed by atoms with Crippen molar-refractivity contribution in [2.45, 2.75) is 0 Å². The highest BCUT2D eigenvalue weighted by Gasteiger charge is 2.08. The van der Waals surface area contributed by atoms with Gasteiger partial charge in [0.15, 0.2) is 5.82 Å². The summed E-state index contributed by atoms with van der Waals surface area (Å²) in [7, 11) is 0. The molecule has 5 rings (SSSR count). The van der Waals surface area contributed by atoms with Crippen molar-refractivity contribution in [1.82, 2.24) is 9.97 Å². The van der Waals surface area contributed by atoms with Gasteiger partial charge in [-0.2, -0.15) is 0 Å². The molecule has 0 amide bonds. The Morgan fingerprint density at radius 1 is 1.00 bits per heavy atom. The zero-order valence-corrected chi connectivity index (χ0v) is 16.8. The fourth-order valence-corrected chi connectivity index (χ4v) is 4.00. The molecule has 0 atom stereocenters. The Bertz CT molecular complexity index is 1580. The summed E-state index contributed by atoms with van der Waals surface area (Å²) in [6.45, 7) is 0. The van der Waals surface area contributed by atoms with Crippen LogP contribution in [0.4, 0.5) is 0 Å². The highest BCUT2D eigenvalue weighted by Crippen LogP contribution is 2.18. The number of benzene rings is 2. The number of halogens is 2. The van der Waals surface area contributed by atoms with Gasteiger partial charge in [-0.15, -0.1) is 0 Å². The number of aromatic hydroxyl groups is 1. The molecule has 3 heterocycles. The summed E-state index contributed by atoms with van der Waals surface area (Å²) in [6.07, 6.45) is 1.66. The summed E-state index contributed by atoms with van der Waals surface area (Å²) < 4.78 is 0. The van der Waals surface area contributed by atoms with E-state index in [9.17, 15) is 9.90 Å². The van der Waals surface area contributed by atoms with Gasteiger partial charge in [-0.05, 0) is 42.5 Å². The van der Waals surface area contributed by atoms with Gasteiger partial charge >= 0.3 is 4.87 Å². The van der Waals surface area contributed by atoms with Crippen LogP contribution in [-0.4, -0.2) is 15.1 Å². The van der Waals surface area contributed by atoms with Crippen molar-refractivity contribution >= 4 is 57.3 Å². The number of aromatic amines is 1. The van der Waals surface area contributed by atoms with Gasteiger partial charge < -0.3 is 5.11 Å². The lowest BCUT2D eigenvalue weighted by Gasteiger charge is -1.98. The second-order valence-corrected chi connectivity index (χ2v) is 8.15. The number of pyridine rings is 1. The zero-order valence-electron chi connectivity index (χ0n) is 14.5. The first kappa shape index (κ1) is 18.1. The molecule has 29 heavy (non-hydrogen) atoms. The maximum Gasteiger partial charge on any atom is 0.307 e. The summed E-state index contributed by atoms with van der Waals surface area (Å²) in [4.78, 5) is 27.4. The molecular weight excluding hydrogens is 431 g/mol. The lowest BCUT2D eigenvalue weighted by Crippen LogP contribution is -2.20. The number of hydrogen-bond acceptors (Lipinski definition) is 6. The molecule has 0 saturated carbocycles. The number of nitrogens with one attached hydrogen (secondary N) is 1. The van der Waals surface area contributed by atoms with Crippen molar-refractivity contribution in [3.05, 3.63) is 88.3 Å². The predicted molar refractivity (Wildman–Crippen MR) is 113 cm³/mol. The quantitative estimate of drug-likeness (QED) is 0.473. The molecule has 0 unspecified atom stereocenters. The van der Waals surface area contributed by atoms with E-state index in [-0.39, 0.29) is 10.8 Å². The number of hydrogen-bond donors (Lipinski definition) is 2. The molecule has 0 radical (unpaired) electrons. The Morgan fingerprint density at radius 2 is 1.72 bits per heavy atom. The van der Waals surface area contributed by atoms with E-state index in [1.165, 1.54) is 0 Å². The third-order valence-corrected chi connectivity index (χ3v) is 5.92. The van der Waals surface area contributed by atoms with Gasteiger partial charge in [-0.3, -0.25) is 9.78 Å². The number of fused-ring (bicyclic) bond motifs is 2. The normalized spacial score (nSPS) is 13.4. The maximum absolute atomic E-state index is 11.3. The molecule has 2 aromatic heterocycles. The molecule has 0 bridgehead atoms. The molecule has 4 aromatic rings. The largest absolute Gasteiger partial charge is 0.493 e. The van der Waals surface area contributed by atoms with Crippen LogP contribution in [0.5, 0.6) is 5.88 Å². The Kier molecular flexibility index (Phi) is 4.24. The SMILES string of the molecule is O=c1[nH]c(O)c(/C=c2\ccc3cc(=C4N=c5cc(Cl)c(Cl)cc5=N4)ccc3n2)s1. The maximum atomic E-state index is 11.3. The van der Waals surface area contributed by atoms with E-state index in [1.54, 1.807) is 18.2 Å². The van der Waals surface area contributed by atoms with Crippen molar-refractivity contribution in [2.24, 2.45) is 9.98 Å². The second-order valence-electron chi connectivity index (χ2n) is 6.32. The Morgan fingerprint density at radius 3 is 2.38 bits per heavy atom. The molecule has 0 spiro atoms. The number of rotatable bonds is 1. The summed E-state index contributed by atoms with van der Waals surface area (Å²) in [5, 5.41) is 14.4. The molecule has 9 heteroatoms. The van der Waals surface area contributed by atoms with Gasteiger partial charge in [0.2, 0.25) is 5.88 Å². The molecule has 1 aliphatic heterocycles. The zero-order chi connectivity index (χ0) is 20.1. The van der Waals surface area contributed by atoms with Crippen molar-refractivity contribution in [2.75, 3.05) is 0 Å². The minimum absolute atomic E-state index is 0.155. The molecule has 142 valence electrons. The Balaban J connectivity index is 1.64. The Hall–Kier alpha value is -3.00. The van der Waals surface area contributed by atoms with Crippen LogP contribution in [0.3, 0.4) is 0 Å². The highest BCUT2D eigenvalue weighted by atomic mass is 35.5. The number of H-pyrrole nitrogens is 1. The molecule has 0 fully saturated rings. The first-order valence-corrected chi connectivity index (χ1v) is 10.0. The number of nitrogens with zero attached hydrogens (tertiary/aromatic N) is 3. The highest BCUT2D eigenvalue weighted by molar-refractivity contribution is 7.10. The first-order chi connectivity index (χ1) is 14.0. The smallest absolute Gasteiger partial charge is 0.307 e. The van der Waals surface area contributed by atoms with Gasteiger partial charge in [-0.25, -0.2) is 15.0 Å². The molecule has 0 aliphatic carbocycles. The van der Waals surface area contributed by atoms with Crippen molar-refractivity contribution in [3.63, 3.8) is 0 Å². The minimum atomic E-state index is -0.316. The first-order valence-electron chi connectivity index (χ1n) is 8.44. The van der Waals surface area contributed by atoms with E-state index in [0.717, 1.165) is 27.5 Å². The van der Waals surface area contributed by atoms with Crippen LogP contribution in [0, 0.1) is 0 Å². The second kappa shape index (κ2) is 6.81. The van der Waals surface area contributed by atoms with Crippen molar-refractivity contribution < 1.29 is 5.11 Å². The van der Waals surface area contributed by atoms with Crippen LogP contribution >= 0.6 is 34.5 Å². The average molecular weight is 441 g/mol. The molecule has 0 saturated heterocycles. The Labute approximate surface area is 176 Å². The van der Waals surface area contributed by atoms with Crippen LogP contribution in [0.2, 0.25) is 10.0 Å². The molecule has 6 nitrogen and oxygen atoms in total. The molecule has 1 aliphatic rings. The standard InChI is InChI=1S/C20H10Cl2N4O2S/c21-12-7-15-16(8-13(12)22)25-18(24-15)10-2-4-14-9(5-10)1-3-11(23-14)6-17-19(27)26-20(28)29-17/h1-8,27H,(H,26,28)/b11-6+. The summed E-state index contributed by atoms with van der Waals surface area (Å²) >= 11 is 13.0. The van der Waals surface area contributed by atoms with Crippen LogP contribution in [0.25, 0.3) is 22.8 Å². The topological polar surface area (TPSA) is 90.7 Å². The summed E-state index contributed by atoms with van der Waals surface area (Å²) in [6, 6.07) is 12.9. The van der Waals surface area contributed by atoms with Gasteiger partial charge in [0.25, 0.3) is 0 Å². The van der Waals surface area contributed by atoms with Gasteiger partial charge in [0.05, 0.1) is 36.5 Å². The van der Waals surface area contributed by atoms with Crippen LogP contribution in [0.1, 0.15) is 4.88 Å². The lowest BCUT2D eigenvalue weighted by atomic mass is 10.2. The summed E-state index contributed by atoms with van der Waals surface area (Å²) in [5.74, 6) is 0.427. The predicted octanol–water partition coefficient (Wildman–Crippen LogP) is 1.84. The number of thiazole rings is 1. The monoisotopic (exact) mass is 440 g/mol. The third-order valence-electron chi connectivity index (χ3n) is 4.37. The fourth-order valence-electron chi connectivity index (χ4n) is 3.01. The van der Waals surface area contributed by atoms with E-state index in [1.807, 2.05) is 30.3 Å². The summed E-state index contributed by atoms with van der Waals surface area (Å²) in [5.41, 5.74) is 0.770. The van der Waals surface area contributed by atoms with Crippen LogP contribution in [-0.2, 0) is 0 Å². The van der Waals surface area contributed by atoms with Crippen molar-refractivity contribution in [1.29, 1.82) is 0 Å². The minimum Gasteiger partial charge on any atom is -0.493 e. The average Bonchev–Trinajstić information content (AvgIpc) is 3.24. The fraction of sp³-hybridized carbons (Fsp3) is 0. The third kappa shape index (κ3) is 3.33. The van der Waals surface area contributed by atoms with E-state index in [0.29, 0.717) is 36.8 Å². The van der Waals surface area contributed by atoms with Crippen molar-refractivity contribution in [3.8, 4) is 5.88 Å².